The highest BCUT2D eigenvalue weighted by molar-refractivity contribution is 5.78. The molecule has 0 aliphatic heterocycles. The Morgan fingerprint density at radius 2 is 2.41 bits per heavy atom. The monoisotopic (exact) mass is 236 g/mol. The van der Waals surface area contributed by atoms with Gasteiger partial charge in [-0.05, 0) is 38.8 Å². The molecule has 0 bridgehead atoms. The summed E-state index contributed by atoms with van der Waals surface area (Å²) in [6, 6.07) is 4.35. The standard InChI is InChI=1S/C13H20N2O2/c1-3-15(11-6-7-11)13(16)9-14-10(2)12-5-4-8-17-12/h4-5,8,10-11,14H,3,6-7,9H2,1-2H3. The fourth-order valence-electron chi connectivity index (χ4n) is 2.00. The number of carbonyl (C=O) groups excluding carboxylic acids is 1. The van der Waals surface area contributed by atoms with Crippen molar-refractivity contribution < 1.29 is 9.21 Å². The van der Waals surface area contributed by atoms with Crippen molar-refractivity contribution >= 4 is 5.91 Å². The normalized spacial score (nSPS) is 16.8. The highest BCUT2D eigenvalue weighted by atomic mass is 16.3. The largest absolute Gasteiger partial charge is 0.468 e. The van der Waals surface area contributed by atoms with Gasteiger partial charge < -0.3 is 9.32 Å². The van der Waals surface area contributed by atoms with Gasteiger partial charge in [-0.3, -0.25) is 10.1 Å². The number of likely N-dealkylation sites (N-methyl/N-ethyl adjacent to an activating group) is 1. The molecule has 1 heterocycles. The fourth-order valence-corrected chi connectivity index (χ4v) is 2.00. The first-order valence-corrected chi connectivity index (χ1v) is 6.28. The Kier molecular flexibility index (Phi) is 3.84. The van der Waals surface area contributed by atoms with Gasteiger partial charge in [0.15, 0.2) is 0 Å². The van der Waals surface area contributed by atoms with Crippen molar-refractivity contribution in [2.75, 3.05) is 13.1 Å². The van der Waals surface area contributed by atoms with Crippen LogP contribution < -0.4 is 5.32 Å². The van der Waals surface area contributed by atoms with Gasteiger partial charge in [0.05, 0.1) is 18.8 Å². The Bertz CT molecular complexity index is 358. The predicted molar refractivity (Wildman–Crippen MR) is 65.5 cm³/mol. The average Bonchev–Trinajstić information content (AvgIpc) is 3.00. The van der Waals surface area contributed by atoms with Crippen molar-refractivity contribution in [1.29, 1.82) is 0 Å². The lowest BCUT2D eigenvalue weighted by Crippen LogP contribution is -2.40. The van der Waals surface area contributed by atoms with Crippen LogP contribution in [0.2, 0.25) is 0 Å². The maximum atomic E-state index is 12.0. The smallest absolute Gasteiger partial charge is 0.236 e. The number of rotatable bonds is 6. The number of hydrogen-bond donors (Lipinski definition) is 1. The third kappa shape index (κ3) is 3.09. The molecule has 1 aromatic heterocycles. The van der Waals surface area contributed by atoms with E-state index >= 15 is 0 Å². The summed E-state index contributed by atoms with van der Waals surface area (Å²) in [5.74, 6) is 1.06. The molecule has 0 radical (unpaired) electrons. The van der Waals surface area contributed by atoms with E-state index in [0.29, 0.717) is 12.6 Å². The molecule has 1 aliphatic rings. The second-order valence-corrected chi connectivity index (χ2v) is 4.53. The van der Waals surface area contributed by atoms with Gasteiger partial charge in [-0.15, -0.1) is 0 Å². The lowest BCUT2D eigenvalue weighted by Gasteiger charge is -2.21. The summed E-state index contributed by atoms with van der Waals surface area (Å²) in [4.78, 5) is 13.9. The van der Waals surface area contributed by atoms with Gasteiger partial charge in [-0.25, -0.2) is 0 Å². The number of hydrogen-bond acceptors (Lipinski definition) is 3. The summed E-state index contributed by atoms with van der Waals surface area (Å²) in [5.41, 5.74) is 0. The fraction of sp³-hybridized carbons (Fsp3) is 0.615. The molecule has 4 nitrogen and oxygen atoms in total. The van der Waals surface area contributed by atoms with Crippen molar-refractivity contribution in [1.82, 2.24) is 10.2 Å². The van der Waals surface area contributed by atoms with Crippen LogP contribution in [0.5, 0.6) is 0 Å². The molecule has 4 heteroatoms. The summed E-state index contributed by atoms with van der Waals surface area (Å²) in [5, 5.41) is 3.20. The summed E-state index contributed by atoms with van der Waals surface area (Å²) >= 11 is 0. The van der Waals surface area contributed by atoms with Gasteiger partial charge in [-0.2, -0.15) is 0 Å². The Hall–Kier alpha value is -1.29. The third-order valence-corrected chi connectivity index (χ3v) is 3.18. The minimum atomic E-state index is 0.0758. The zero-order valence-electron chi connectivity index (χ0n) is 10.5. The minimum absolute atomic E-state index is 0.0758. The highest BCUT2D eigenvalue weighted by Gasteiger charge is 2.31. The molecule has 0 spiro atoms. The van der Waals surface area contributed by atoms with Crippen molar-refractivity contribution in [3.63, 3.8) is 0 Å². The number of carbonyl (C=O) groups is 1. The van der Waals surface area contributed by atoms with Crippen LogP contribution in [-0.4, -0.2) is 29.9 Å². The van der Waals surface area contributed by atoms with Crippen LogP contribution in [0.15, 0.2) is 22.8 Å². The highest BCUT2D eigenvalue weighted by Crippen LogP contribution is 2.26. The van der Waals surface area contributed by atoms with E-state index in [0.717, 1.165) is 25.1 Å². The van der Waals surface area contributed by atoms with Crippen molar-refractivity contribution in [2.45, 2.75) is 38.8 Å². The summed E-state index contributed by atoms with van der Waals surface area (Å²) in [6.07, 6.45) is 3.97. The van der Waals surface area contributed by atoms with E-state index in [1.165, 1.54) is 0 Å². The van der Waals surface area contributed by atoms with Crippen LogP contribution >= 0.6 is 0 Å². The van der Waals surface area contributed by atoms with Gasteiger partial charge in [0.1, 0.15) is 5.76 Å². The van der Waals surface area contributed by atoms with Crippen molar-refractivity contribution in [3.05, 3.63) is 24.2 Å². The zero-order valence-corrected chi connectivity index (χ0v) is 10.5. The van der Waals surface area contributed by atoms with Crippen LogP contribution in [0.4, 0.5) is 0 Å². The number of furan rings is 1. The maximum absolute atomic E-state index is 12.0. The molecular formula is C13H20N2O2. The number of nitrogens with one attached hydrogen (secondary N) is 1. The van der Waals surface area contributed by atoms with E-state index in [-0.39, 0.29) is 11.9 Å². The second kappa shape index (κ2) is 5.36. The Morgan fingerprint density at radius 1 is 1.65 bits per heavy atom. The van der Waals surface area contributed by atoms with E-state index in [4.69, 9.17) is 4.42 Å². The average molecular weight is 236 g/mol. The molecule has 17 heavy (non-hydrogen) atoms. The molecule has 0 aromatic carbocycles. The topological polar surface area (TPSA) is 45.5 Å². The SMILES string of the molecule is CCN(C(=O)CNC(C)c1ccco1)C1CC1. The van der Waals surface area contributed by atoms with Gasteiger partial charge in [-0.1, -0.05) is 0 Å². The molecule has 1 atom stereocenters. The van der Waals surface area contributed by atoms with E-state index in [2.05, 4.69) is 5.32 Å². The number of amides is 1. The van der Waals surface area contributed by atoms with Gasteiger partial charge in [0.25, 0.3) is 0 Å². The molecule has 1 unspecified atom stereocenters. The van der Waals surface area contributed by atoms with Gasteiger partial charge in [0.2, 0.25) is 5.91 Å². The molecule has 1 amide bonds. The first-order valence-electron chi connectivity index (χ1n) is 6.28. The molecule has 1 aromatic rings. The Morgan fingerprint density at radius 3 is 2.94 bits per heavy atom. The molecule has 94 valence electrons. The van der Waals surface area contributed by atoms with Crippen LogP contribution in [0, 0.1) is 0 Å². The van der Waals surface area contributed by atoms with Crippen LogP contribution in [0.1, 0.15) is 38.5 Å². The summed E-state index contributed by atoms with van der Waals surface area (Å²) < 4.78 is 5.29. The first kappa shape index (κ1) is 12.2. The molecule has 1 N–H and O–H groups in total. The maximum Gasteiger partial charge on any atom is 0.236 e. The zero-order chi connectivity index (χ0) is 12.3. The molecule has 1 fully saturated rings. The Labute approximate surface area is 102 Å². The van der Waals surface area contributed by atoms with Crippen LogP contribution in [0.3, 0.4) is 0 Å². The van der Waals surface area contributed by atoms with E-state index in [1.54, 1.807) is 6.26 Å². The van der Waals surface area contributed by atoms with E-state index in [9.17, 15) is 4.79 Å². The predicted octanol–water partition coefficient (Wildman–Crippen LogP) is 1.94. The van der Waals surface area contributed by atoms with Crippen molar-refractivity contribution in [2.24, 2.45) is 0 Å². The Balaban J connectivity index is 1.79. The molecule has 0 saturated heterocycles. The van der Waals surface area contributed by atoms with Crippen LogP contribution in [-0.2, 0) is 4.79 Å². The van der Waals surface area contributed by atoms with Gasteiger partial charge >= 0.3 is 0 Å². The summed E-state index contributed by atoms with van der Waals surface area (Å²) in [7, 11) is 0. The quantitative estimate of drug-likeness (QED) is 0.821. The van der Waals surface area contributed by atoms with E-state index < -0.39 is 0 Å². The van der Waals surface area contributed by atoms with Gasteiger partial charge in [0, 0.05) is 12.6 Å². The molecular weight excluding hydrogens is 216 g/mol. The lowest BCUT2D eigenvalue weighted by molar-refractivity contribution is -0.130. The minimum Gasteiger partial charge on any atom is -0.468 e. The van der Waals surface area contributed by atoms with E-state index in [1.807, 2.05) is 30.9 Å². The third-order valence-electron chi connectivity index (χ3n) is 3.18. The lowest BCUT2D eigenvalue weighted by atomic mass is 10.2. The molecule has 1 aliphatic carbocycles. The number of nitrogens with zero attached hydrogens (tertiary/aromatic N) is 1. The van der Waals surface area contributed by atoms with Crippen LogP contribution in [0.25, 0.3) is 0 Å². The second-order valence-electron chi connectivity index (χ2n) is 4.53. The molecule has 1 saturated carbocycles. The molecule has 2 rings (SSSR count). The van der Waals surface area contributed by atoms with Crippen molar-refractivity contribution in [3.8, 4) is 0 Å². The summed E-state index contributed by atoms with van der Waals surface area (Å²) in [6.45, 7) is 5.22. The first-order chi connectivity index (χ1) is 8.22.